The van der Waals surface area contributed by atoms with Crippen molar-refractivity contribution in [3.63, 3.8) is 0 Å². The summed E-state index contributed by atoms with van der Waals surface area (Å²) in [5.41, 5.74) is 0.754. The van der Waals surface area contributed by atoms with Gasteiger partial charge in [-0.1, -0.05) is 18.2 Å². The molecule has 0 atom stereocenters. The Morgan fingerprint density at radius 1 is 1.10 bits per heavy atom. The summed E-state index contributed by atoms with van der Waals surface area (Å²) in [7, 11) is 0. The van der Waals surface area contributed by atoms with E-state index >= 15 is 0 Å². The van der Waals surface area contributed by atoms with Gasteiger partial charge in [-0.25, -0.2) is 9.78 Å². The summed E-state index contributed by atoms with van der Waals surface area (Å²) >= 11 is 0. The summed E-state index contributed by atoms with van der Waals surface area (Å²) in [5.74, 6) is 1.74. The molecule has 0 radical (unpaired) electrons. The molecule has 6 nitrogen and oxygen atoms in total. The number of ether oxygens (including phenoxy) is 2. The maximum Gasteiger partial charge on any atom is 0.348 e. The van der Waals surface area contributed by atoms with E-state index < -0.39 is 11.6 Å². The third-order valence-corrected chi connectivity index (χ3v) is 5.21. The zero-order chi connectivity index (χ0) is 20.3. The van der Waals surface area contributed by atoms with Gasteiger partial charge in [-0.3, -0.25) is 0 Å². The van der Waals surface area contributed by atoms with Crippen molar-refractivity contribution in [2.75, 3.05) is 6.61 Å². The summed E-state index contributed by atoms with van der Waals surface area (Å²) in [6.07, 6.45) is 2.59. The van der Waals surface area contributed by atoms with E-state index in [4.69, 9.17) is 13.9 Å². The number of rotatable bonds is 8. The Morgan fingerprint density at radius 2 is 1.79 bits per heavy atom. The van der Waals surface area contributed by atoms with E-state index in [1.165, 1.54) is 0 Å². The number of carbonyl (C=O) groups is 1. The lowest BCUT2D eigenvalue weighted by Gasteiger charge is -2.37. The van der Waals surface area contributed by atoms with Crippen molar-refractivity contribution < 1.29 is 23.8 Å². The maximum atomic E-state index is 11.4. The second kappa shape index (κ2) is 7.99. The Labute approximate surface area is 169 Å². The normalized spacial score (nSPS) is 14.8. The smallest absolute Gasteiger partial charge is 0.348 e. The number of aromatic nitrogens is 1. The average Bonchev–Trinajstić information content (AvgIpc) is 3.07. The minimum Gasteiger partial charge on any atom is -0.493 e. The zero-order valence-corrected chi connectivity index (χ0v) is 16.3. The minimum absolute atomic E-state index is 0.459. The highest BCUT2D eigenvalue weighted by Gasteiger charge is 2.47. The zero-order valence-electron chi connectivity index (χ0n) is 16.3. The van der Waals surface area contributed by atoms with Gasteiger partial charge in [0, 0.05) is 12.0 Å². The molecule has 0 saturated heterocycles. The highest BCUT2D eigenvalue weighted by Crippen LogP contribution is 2.37. The van der Waals surface area contributed by atoms with Crippen molar-refractivity contribution in [3.05, 3.63) is 66.1 Å². The third kappa shape index (κ3) is 4.11. The van der Waals surface area contributed by atoms with Crippen LogP contribution in [0.25, 0.3) is 11.5 Å². The van der Waals surface area contributed by atoms with Crippen LogP contribution in [0.3, 0.4) is 0 Å². The molecule has 0 unspecified atom stereocenters. The second-order valence-corrected chi connectivity index (χ2v) is 7.21. The molecule has 1 aromatic heterocycles. The summed E-state index contributed by atoms with van der Waals surface area (Å²) in [6.45, 7) is 2.36. The molecule has 0 aliphatic heterocycles. The molecule has 4 rings (SSSR count). The van der Waals surface area contributed by atoms with Crippen molar-refractivity contribution in [1.82, 2.24) is 4.98 Å². The molecule has 6 heteroatoms. The van der Waals surface area contributed by atoms with Crippen molar-refractivity contribution >= 4 is 5.97 Å². The van der Waals surface area contributed by atoms with Gasteiger partial charge < -0.3 is 19.0 Å². The first kappa shape index (κ1) is 19.1. The van der Waals surface area contributed by atoms with Crippen LogP contribution < -0.4 is 9.47 Å². The van der Waals surface area contributed by atoms with E-state index in [0.29, 0.717) is 43.3 Å². The summed E-state index contributed by atoms with van der Waals surface area (Å²) in [6, 6.07) is 16.9. The first-order valence-electron chi connectivity index (χ1n) is 9.73. The Hall–Kier alpha value is -3.28. The first-order valence-corrected chi connectivity index (χ1v) is 9.73. The SMILES string of the molecule is Cc1oc(-c2ccccc2)nc1CCOc1ccc(OC2(C(=O)O)CCC2)cc1. The standard InChI is InChI=1S/C23H23NO5/c1-16-20(24-21(28-16)17-6-3-2-4-7-17)12-15-27-18-8-10-19(11-9-18)29-23(22(25)26)13-5-14-23/h2-4,6-11H,5,12-15H2,1H3,(H,25,26). The fraction of sp³-hybridized carbons (Fsp3) is 0.304. The lowest BCUT2D eigenvalue weighted by atomic mass is 9.80. The fourth-order valence-electron chi connectivity index (χ4n) is 3.32. The quantitative estimate of drug-likeness (QED) is 0.599. The van der Waals surface area contributed by atoms with Crippen LogP contribution in [0.2, 0.25) is 0 Å². The molecule has 150 valence electrons. The third-order valence-electron chi connectivity index (χ3n) is 5.21. The molecule has 1 heterocycles. The molecule has 0 amide bonds. The number of aryl methyl sites for hydroxylation is 1. The maximum absolute atomic E-state index is 11.4. The fourth-order valence-corrected chi connectivity index (χ4v) is 3.32. The van der Waals surface area contributed by atoms with Gasteiger partial charge in [0.1, 0.15) is 17.3 Å². The van der Waals surface area contributed by atoms with Gasteiger partial charge >= 0.3 is 5.97 Å². The number of oxazole rings is 1. The predicted octanol–water partition coefficient (Wildman–Crippen LogP) is 4.66. The molecule has 1 saturated carbocycles. The summed E-state index contributed by atoms with van der Waals surface area (Å²) in [4.78, 5) is 16.0. The van der Waals surface area contributed by atoms with E-state index in [2.05, 4.69) is 4.98 Å². The Balaban J connectivity index is 1.32. The Kier molecular flexibility index (Phi) is 5.25. The second-order valence-electron chi connectivity index (χ2n) is 7.21. The molecule has 2 aromatic carbocycles. The minimum atomic E-state index is -1.07. The number of benzene rings is 2. The monoisotopic (exact) mass is 393 g/mol. The average molecular weight is 393 g/mol. The lowest BCUT2D eigenvalue weighted by molar-refractivity contribution is -0.163. The Morgan fingerprint density at radius 3 is 2.41 bits per heavy atom. The number of aliphatic carboxylic acids is 1. The van der Waals surface area contributed by atoms with Gasteiger partial charge in [0.25, 0.3) is 0 Å². The van der Waals surface area contributed by atoms with Gasteiger partial charge in [0.2, 0.25) is 11.5 Å². The van der Waals surface area contributed by atoms with Crippen LogP contribution >= 0.6 is 0 Å². The first-order chi connectivity index (χ1) is 14.1. The van der Waals surface area contributed by atoms with E-state index in [0.717, 1.165) is 23.4 Å². The van der Waals surface area contributed by atoms with Gasteiger partial charge in [-0.15, -0.1) is 0 Å². The van der Waals surface area contributed by atoms with Gasteiger partial charge in [0.15, 0.2) is 0 Å². The summed E-state index contributed by atoms with van der Waals surface area (Å²) < 4.78 is 17.3. The lowest BCUT2D eigenvalue weighted by Crippen LogP contribution is -2.50. The van der Waals surface area contributed by atoms with E-state index in [1.807, 2.05) is 37.3 Å². The van der Waals surface area contributed by atoms with Crippen molar-refractivity contribution in [2.45, 2.75) is 38.2 Å². The van der Waals surface area contributed by atoms with Crippen LogP contribution in [0.1, 0.15) is 30.7 Å². The molecule has 3 aromatic rings. The van der Waals surface area contributed by atoms with Crippen LogP contribution in [-0.2, 0) is 11.2 Å². The molecule has 1 aliphatic carbocycles. The molecule has 29 heavy (non-hydrogen) atoms. The van der Waals surface area contributed by atoms with Crippen LogP contribution in [0, 0.1) is 6.92 Å². The molecule has 1 fully saturated rings. The van der Waals surface area contributed by atoms with Crippen LogP contribution in [-0.4, -0.2) is 28.3 Å². The van der Waals surface area contributed by atoms with Crippen molar-refractivity contribution in [1.29, 1.82) is 0 Å². The van der Waals surface area contributed by atoms with E-state index in [9.17, 15) is 9.90 Å². The van der Waals surface area contributed by atoms with Crippen LogP contribution in [0.4, 0.5) is 0 Å². The summed E-state index contributed by atoms with van der Waals surface area (Å²) in [5, 5.41) is 9.36. The molecule has 0 spiro atoms. The van der Waals surface area contributed by atoms with Gasteiger partial charge in [-0.05, 0) is 62.6 Å². The highest BCUT2D eigenvalue weighted by atomic mass is 16.5. The molecule has 1 N–H and O–H groups in total. The predicted molar refractivity (Wildman–Crippen MR) is 107 cm³/mol. The largest absolute Gasteiger partial charge is 0.493 e. The number of hydrogen-bond acceptors (Lipinski definition) is 5. The molecular weight excluding hydrogens is 370 g/mol. The molecule has 0 bridgehead atoms. The Bertz CT molecular complexity index is 974. The van der Waals surface area contributed by atoms with Crippen LogP contribution in [0.5, 0.6) is 11.5 Å². The number of nitrogens with zero attached hydrogens (tertiary/aromatic N) is 1. The number of hydrogen-bond donors (Lipinski definition) is 1. The van der Waals surface area contributed by atoms with Gasteiger partial charge in [-0.2, -0.15) is 0 Å². The van der Waals surface area contributed by atoms with Crippen molar-refractivity contribution in [3.8, 4) is 23.0 Å². The number of carboxylic acid groups (broad SMARTS) is 1. The van der Waals surface area contributed by atoms with E-state index in [-0.39, 0.29) is 0 Å². The van der Waals surface area contributed by atoms with Crippen LogP contribution in [0.15, 0.2) is 59.0 Å². The highest BCUT2D eigenvalue weighted by molar-refractivity contribution is 5.79. The van der Waals surface area contributed by atoms with E-state index in [1.54, 1.807) is 24.3 Å². The number of carboxylic acids is 1. The topological polar surface area (TPSA) is 81.8 Å². The van der Waals surface area contributed by atoms with Crippen molar-refractivity contribution in [2.24, 2.45) is 0 Å². The molecule has 1 aliphatic rings. The van der Waals surface area contributed by atoms with Gasteiger partial charge in [0.05, 0.1) is 12.3 Å². The molecular formula is C23H23NO5.